The number of anilines is 1. The second-order valence-electron chi connectivity index (χ2n) is 6.64. The van der Waals surface area contributed by atoms with Crippen molar-refractivity contribution in [3.8, 4) is 23.0 Å². The van der Waals surface area contributed by atoms with Gasteiger partial charge in [0.1, 0.15) is 11.5 Å². The maximum absolute atomic E-state index is 12.3. The third kappa shape index (κ3) is 7.65. The second kappa shape index (κ2) is 12.8. The van der Waals surface area contributed by atoms with Crippen LogP contribution in [0.3, 0.4) is 0 Å². The molecule has 166 valence electrons. The van der Waals surface area contributed by atoms with Crippen LogP contribution in [0.15, 0.2) is 36.4 Å². The summed E-state index contributed by atoms with van der Waals surface area (Å²) in [6, 6.07) is 11.2. The third-order valence-electron chi connectivity index (χ3n) is 4.59. The van der Waals surface area contributed by atoms with Crippen molar-refractivity contribution < 1.29 is 23.7 Å². The van der Waals surface area contributed by atoms with Crippen LogP contribution >= 0.6 is 12.4 Å². The van der Waals surface area contributed by atoms with Crippen LogP contribution in [0.25, 0.3) is 0 Å². The Morgan fingerprint density at radius 2 is 1.50 bits per heavy atom. The van der Waals surface area contributed by atoms with Gasteiger partial charge in [-0.05, 0) is 31.2 Å². The number of likely N-dealkylation sites (N-methyl/N-ethyl adjacent to an activating group) is 1. The Morgan fingerprint density at radius 3 is 2.07 bits per heavy atom. The number of benzene rings is 2. The zero-order valence-corrected chi connectivity index (χ0v) is 19.0. The average Bonchev–Trinajstić information content (AvgIpc) is 2.75. The quantitative estimate of drug-likeness (QED) is 0.577. The lowest BCUT2D eigenvalue weighted by atomic mass is 10.1. The number of nitrogens with zero attached hydrogens (tertiary/aromatic N) is 1. The summed E-state index contributed by atoms with van der Waals surface area (Å²) in [6.07, 6.45) is 1.24. The molecule has 2 rings (SSSR count). The minimum absolute atomic E-state index is 0. The standard InChI is InChI=1S/C22H30N2O5.ClH/c1-24(10-8-16-6-7-20(28-4)21(12-16)29-5)11-9-22(25)23-17-13-18(26-2)15-19(14-17)27-3;/h6-7,12-15H,8-11H2,1-5H3,(H,23,25);1H. The minimum Gasteiger partial charge on any atom is -0.497 e. The monoisotopic (exact) mass is 438 g/mol. The summed E-state index contributed by atoms with van der Waals surface area (Å²) >= 11 is 0. The molecule has 0 atom stereocenters. The summed E-state index contributed by atoms with van der Waals surface area (Å²) in [5.74, 6) is 2.65. The Labute approximate surface area is 184 Å². The predicted molar refractivity (Wildman–Crippen MR) is 121 cm³/mol. The Morgan fingerprint density at radius 1 is 0.867 bits per heavy atom. The highest BCUT2D eigenvalue weighted by Gasteiger charge is 2.09. The highest BCUT2D eigenvalue weighted by Crippen LogP contribution is 2.28. The van der Waals surface area contributed by atoms with E-state index in [1.54, 1.807) is 46.6 Å². The molecule has 0 aromatic heterocycles. The van der Waals surface area contributed by atoms with Crippen molar-refractivity contribution in [2.75, 3.05) is 53.9 Å². The number of methoxy groups -OCH3 is 4. The van der Waals surface area contributed by atoms with Crippen LogP contribution < -0.4 is 24.3 Å². The van der Waals surface area contributed by atoms with Crippen molar-refractivity contribution in [1.29, 1.82) is 0 Å². The first-order chi connectivity index (χ1) is 14.0. The fourth-order valence-electron chi connectivity index (χ4n) is 2.86. The number of amides is 1. The number of halogens is 1. The van der Waals surface area contributed by atoms with Crippen molar-refractivity contribution >= 4 is 24.0 Å². The van der Waals surface area contributed by atoms with E-state index in [1.165, 1.54) is 0 Å². The van der Waals surface area contributed by atoms with Gasteiger partial charge in [0.05, 0.1) is 28.4 Å². The first-order valence-corrected chi connectivity index (χ1v) is 9.41. The Bertz CT molecular complexity index is 794. The molecule has 0 fully saturated rings. The molecule has 0 radical (unpaired) electrons. The number of ether oxygens (including phenoxy) is 4. The number of carbonyl (C=O) groups excluding carboxylic acids is 1. The molecular formula is C22H31ClN2O5. The second-order valence-corrected chi connectivity index (χ2v) is 6.64. The molecule has 0 aliphatic heterocycles. The number of hydrogen-bond acceptors (Lipinski definition) is 6. The molecule has 1 N–H and O–H groups in total. The molecule has 7 nitrogen and oxygen atoms in total. The first kappa shape index (κ1) is 25.4. The molecule has 0 saturated carbocycles. The highest BCUT2D eigenvalue weighted by atomic mass is 35.5. The number of nitrogens with one attached hydrogen (secondary N) is 1. The van der Waals surface area contributed by atoms with Gasteiger partial charge in [-0.2, -0.15) is 0 Å². The number of hydrogen-bond donors (Lipinski definition) is 1. The summed E-state index contributed by atoms with van der Waals surface area (Å²) in [6.45, 7) is 1.48. The lowest BCUT2D eigenvalue weighted by Gasteiger charge is -2.17. The van der Waals surface area contributed by atoms with Gasteiger partial charge in [-0.3, -0.25) is 4.79 Å². The summed E-state index contributed by atoms with van der Waals surface area (Å²) in [7, 11) is 8.41. The van der Waals surface area contributed by atoms with E-state index in [0.29, 0.717) is 30.2 Å². The van der Waals surface area contributed by atoms with Gasteiger partial charge in [0.25, 0.3) is 0 Å². The topological polar surface area (TPSA) is 69.3 Å². The molecule has 8 heteroatoms. The van der Waals surface area contributed by atoms with Gasteiger partial charge in [0.2, 0.25) is 5.91 Å². The van der Waals surface area contributed by atoms with E-state index in [-0.39, 0.29) is 18.3 Å². The molecule has 0 saturated heterocycles. The number of rotatable bonds is 11. The maximum Gasteiger partial charge on any atom is 0.225 e. The van der Waals surface area contributed by atoms with Crippen LogP contribution in [0.1, 0.15) is 12.0 Å². The van der Waals surface area contributed by atoms with Crippen molar-refractivity contribution in [2.45, 2.75) is 12.8 Å². The predicted octanol–water partition coefficient (Wildman–Crippen LogP) is 3.65. The Hall–Kier alpha value is -2.64. The lowest BCUT2D eigenvalue weighted by Crippen LogP contribution is -2.26. The van der Waals surface area contributed by atoms with Gasteiger partial charge < -0.3 is 29.2 Å². The lowest BCUT2D eigenvalue weighted by molar-refractivity contribution is -0.116. The number of carbonyl (C=O) groups is 1. The zero-order valence-electron chi connectivity index (χ0n) is 18.2. The normalized spacial score (nSPS) is 10.2. The molecule has 30 heavy (non-hydrogen) atoms. The van der Waals surface area contributed by atoms with E-state index in [0.717, 1.165) is 30.0 Å². The Kier molecular flexibility index (Phi) is 10.9. The van der Waals surface area contributed by atoms with Crippen LogP contribution in [0.2, 0.25) is 0 Å². The van der Waals surface area contributed by atoms with Gasteiger partial charge >= 0.3 is 0 Å². The van der Waals surface area contributed by atoms with E-state index in [2.05, 4.69) is 10.2 Å². The highest BCUT2D eigenvalue weighted by molar-refractivity contribution is 5.91. The molecule has 0 aliphatic carbocycles. The van der Waals surface area contributed by atoms with E-state index in [1.807, 2.05) is 25.2 Å². The Balaban J connectivity index is 0.00000450. The molecule has 0 unspecified atom stereocenters. The fraction of sp³-hybridized carbons (Fsp3) is 0.409. The zero-order chi connectivity index (χ0) is 21.2. The molecular weight excluding hydrogens is 408 g/mol. The fourth-order valence-corrected chi connectivity index (χ4v) is 2.86. The van der Waals surface area contributed by atoms with Gasteiger partial charge in [-0.25, -0.2) is 0 Å². The van der Waals surface area contributed by atoms with Crippen LogP contribution in [-0.2, 0) is 11.2 Å². The smallest absolute Gasteiger partial charge is 0.225 e. The molecule has 2 aromatic carbocycles. The molecule has 0 bridgehead atoms. The van der Waals surface area contributed by atoms with Crippen molar-refractivity contribution in [2.24, 2.45) is 0 Å². The van der Waals surface area contributed by atoms with E-state index in [4.69, 9.17) is 18.9 Å². The molecule has 0 heterocycles. The maximum atomic E-state index is 12.3. The van der Waals surface area contributed by atoms with E-state index >= 15 is 0 Å². The molecule has 0 aliphatic rings. The SMILES string of the molecule is COc1cc(NC(=O)CCN(C)CCc2ccc(OC)c(OC)c2)cc(OC)c1.Cl. The molecule has 1 amide bonds. The average molecular weight is 439 g/mol. The first-order valence-electron chi connectivity index (χ1n) is 9.41. The van der Waals surface area contributed by atoms with E-state index < -0.39 is 0 Å². The largest absolute Gasteiger partial charge is 0.497 e. The third-order valence-corrected chi connectivity index (χ3v) is 4.59. The molecule has 0 spiro atoms. The molecule has 2 aromatic rings. The summed E-state index contributed by atoms with van der Waals surface area (Å²) in [4.78, 5) is 14.4. The van der Waals surface area contributed by atoms with Crippen LogP contribution in [0.5, 0.6) is 23.0 Å². The van der Waals surface area contributed by atoms with Crippen LogP contribution in [-0.4, -0.2) is 59.4 Å². The minimum atomic E-state index is -0.0572. The van der Waals surface area contributed by atoms with Crippen LogP contribution in [0.4, 0.5) is 5.69 Å². The van der Waals surface area contributed by atoms with Gasteiger partial charge in [-0.15, -0.1) is 12.4 Å². The van der Waals surface area contributed by atoms with Crippen molar-refractivity contribution in [3.63, 3.8) is 0 Å². The summed E-state index contributed by atoms with van der Waals surface area (Å²) in [5.41, 5.74) is 1.81. The summed E-state index contributed by atoms with van der Waals surface area (Å²) < 4.78 is 21.1. The van der Waals surface area contributed by atoms with Crippen LogP contribution in [0, 0.1) is 0 Å². The van der Waals surface area contributed by atoms with Gasteiger partial charge in [-0.1, -0.05) is 6.07 Å². The van der Waals surface area contributed by atoms with E-state index in [9.17, 15) is 4.79 Å². The van der Waals surface area contributed by atoms with Crippen molar-refractivity contribution in [3.05, 3.63) is 42.0 Å². The summed E-state index contributed by atoms with van der Waals surface area (Å²) in [5, 5.41) is 2.89. The van der Waals surface area contributed by atoms with Crippen molar-refractivity contribution in [1.82, 2.24) is 4.90 Å². The van der Waals surface area contributed by atoms with Gasteiger partial charge in [0, 0.05) is 43.4 Å². The van der Waals surface area contributed by atoms with Gasteiger partial charge in [0.15, 0.2) is 11.5 Å².